The van der Waals surface area contributed by atoms with Gasteiger partial charge in [0.2, 0.25) is 0 Å². The Kier molecular flexibility index (Phi) is 3.60. The first-order chi connectivity index (χ1) is 7.55. The summed E-state index contributed by atoms with van der Waals surface area (Å²) in [6.45, 7) is 12.0. The monoisotopic (exact) mass is 224 g/mol. The maximum atomic E-state index is 3.69. The van der Waals surface area contributed by atoms with Gasteiger partial charge in [-0.25, -0.2) is 0 Å². The van der Waals surface area contributed by atoms with Crippen molar-refractivity contribution in [2.75, 3.05) is 13.1 Å². The van der Waals surface area contributed by atoms with Gasteiger partial charge in [0.25, 0.3) is 0 Å². The van der Waals surface area contributed by atoms with E-state index in [-0.39, 0.29) is 0 Å². The summed E-state index contributed by atoms with van der Waals surface area (Å²) >= 11 is 0. The summed E-state index contributed by atoms with van der Waals surface area (Å²) in [7, 11) is 0. The molecule has 0 radical (unpaired) electrons. The van der Waals surface area contributed by atoms with Crippen molar-refractivity contribution in [1.29, 1.82) is 0 Å². The molecule has 2 nitrogen and oxygen atoms in total. The molecule has 2 fully saturated rings. The van der Waals surface area contributed by atoms with Gasteiger partial charge in [-0.15, -0.1) is 0 Å². The normalized spacial score (nSPS) is 33.0. The predicted octanol–water partition coefficient (Wildman–Crippen LogP) is 2.64. The van der Waals surface area contributed by atoms with Gasteiger partial charge in [-0.2, -0.15) is 0 Å². The Balaban J connectivity index is 2.00. The Morgan fingerprint density at radius 2 is 2.00 bits per heavy atom. The van der Waals surface area contributed by atoms with Gasteiger partial charge in [0.1, 0.15) is 0 Å². The SMILES string of the molecule is CCCC1CN(C(C)(C)C2CC2)C(C)CN1. The highest BCUT2D eigenvalue weighted by atomic mass is 15.3. The first-order valence-electron chi connectivity index (χ1n) is 7.05. The molecule has 94 valence electrons. The van der Waals surface area contributed by atoms with Crippen LogP contribution in [-0.4, -0.2) is 35.6 Å². The molecule has 2 unspecified atom stereocenters. The molecule has 1 heterocycles. The summed E-state index contributed by atoms with van der Waals surface area (Å²) in [5.74, 6) is 0.954. The molecule has 1 saturated carbocycles. The number of hydrogen-bond acceptors (Lipinski definition) is 2. The number of nitrogens with one attached hydrogen (secondary N) is 1. The van der Waals surface area contributed by atoms with Crippen LogP contribution in [0.4, 0.5) is 0 Å². The third-order valence-corrected chi connectivity index (χ3v) is 4.60. The number of rotatable bonds is 4. The van der Waals surface area contributed by atoms with Crippen LogP contribution in [0.5, 0.6) is 0 Å². The zero-order chi connectivity index (χ0) is 11.8. The summed E-state index contributed by atoms with van der Waals surface area (Å²) in [6.07, 6.45) is 5.51. The topological polar surface area (TPSA) is 15.3 Å². The van der Waals surface area contributed by atoms with Gasteiger partial charge in [-0.05, 0) is 46.0 Å². The Labute approximate surface area is 101 Å². The van der Waals surface area contributed by atoms with Crippen LogP contribution in [0.2, 0.25) is 0 Å². The molecule has 2 heteroatoms. The first kappa shape index (κ1) is 12.4. The summed E-state index contributed by atoms with van der Waals surface area (Å²) in [5.41, 5.74) is 0.424. The van der Waals surface area contributed by atoms with Crippen molar-refractivity contribution in [3.05, 3.63) is 0 Å². The van der Waals surface area contributed by atoms with Gasteiger partial charge in [0.15, 0.2) is 0 Å². The molecule has 16 heavy (non-hydrogen) atoms. The molecule has 2 rings (SSSR count). The zero-order valence-electron chi connectivity index (χ0n) is 11.4. The van der Waals surface area contributed by atoms with Crippen molar-refractivity contribution in [2.24, 2.45) is 5.92 Å². The van der Waals surface area contributed by atoms with Gasteiger partial charge in [0.05, 0.1) is 0 Å². The molecule has 1 N–H and O–H groups in total. The molecule has 1 aliphatic heterocycles. The Bertz CT molecular complexity index is 233. The maximum Gasteiger partial charge on any atom is 0.0198 e. The van der Waals surface area contributed by atoms with Crippen LogP contribution in [0.25, 0.3) is 0 Å². The van der Waals surface area contributed by atoms with Gasteiger partial charge in [-0.3, -0.25) is 4.90 Å². The van der Waals surface area contributed by atoms with Crippen LogP contribution in [0.15, 0.2) is 0 Å². The highest BCUT2D eigenvalue weighted by molar-refractivity contribution is 5.00. The van der Waals surface area contributed by atoms with Crippen LogP contribution in [-0.2, 0) is 0 Å². The molecule has 2 atom stereocenters. The van der Waals surface area contributed by atoms with E-state index in [9.17, 15) is 0 Å². The second-order valence-corrected chi connectivity index (χ2v) is 6.32. The summed E-state index contributed by atoms with van der Waals surface area (Å²) in [6, 6.07) is 1.42. The van der Waals surface area contributed by atoms with Gasteiger partial charge in [0, 0.05) is 30.7 Å². The van der Waals surface area contributed by atoms with E-state index in [1.54, 1.807) is 0 Å². The number of piperazine rings is 1. The fourth-order valence-corrected chi connectivity index (χ4v) is 3.30. The molecule has 0 amide bonds. The van der Waals surface area contributed by atoms with E-state index in [0.717, 1.165) is 12.0 Å². The lowest BCUT2D eigenvalue weighted by Crippen LogP contribution is -2.62. The second kappa shape index (κ2) is 4.66. The van der Waals surface area contributed by atoms with Gasteiger partial charge < -0.3 is 5.32 Å². The Morgan fingerprint density at radius 1 is 1.31 bits per heavy atom. The lowest BCUT2D eigenvalue weighted by molar-refractivity contribution is 0.0229. The molecule has 0 aromatic carbocycles. The van der Waals surface area contributed by atoms with Crippen molar-refractivity contribution in [3.8, 4) is 0 Å². The van der Waals surface area contributed by atoms with E-state index in [4.69, 9.17) is 0 Å². The van der Waals surface area contributed by atoms with Crippen LogP contribution < -0.4 is 5.32 Å². The van der Waals surface area contributed by atoms with E-state index in [1.165, 1.54) is 38.8 Å². The standard InChI is InChI=1S/C14H28N2/c1-5-6-13-10-16(11(2)9-15-13)14(3,4)12-7-8-12/h11-13,15H,5-10H2,1-4H3. The molecule has 2 aliphatic rings. The van der Waals surface area contributed by atoms with Crippen molar-refractivity contribution < 1.29 is 0 Å². The van der Waals surface area contributed by atoms with Gasteiger partial charge >= 0.3 is 0 Å². The van der Waals surface area contributed by atoms with Crippen LogP contribution in [0.1, 0.15) is 53.4 Å². The molecule has 1 saturated heterocycles. The van der Waals surface area contributed by atoms with Gasteiger partial charge in [-0.1, -0.05) is 13.3 Å². The third kappa shape index (κ3) is 2.43. The van der Waals surface area contributed by atoms with Crippen molar-refractivity contribution in [3.63, 3.8) is 0 Å². The average molecular weight is 224 g/mol. The smallest absolute Gasteiger partial charge is 0.0198 e. The maximum absolute atomic E-state index is 3.69. The molecule has 0 aromatic heterocycles. The molecular formula is C14H28N2. The lowest BCUT2D eigenvalue weighted by atomic mass is 9.91. The Hall–Kier alpha value is -0.0800. The quantitative estimate of drug-likeness (QED) is 0.790. The Morgan fingerprint density at radius 3 is 2.56 bits per heavy atom. The van der Waals surface area contributed by atoms with Crippen molar-refractivity contribution in [1.82, 2.24) is 10.2 Å². The van der Waals surface area contributed by atoms with Crippen LogP contribution >= 0.6 is 0 Å². The third-order valence-electron chi connectivity index (χ3n) is 4.60. The first-order valence-corrected chi connectivity index (χ1v) is 7.05. The molecular weight excluding hydrogens is 196 g/mol. The summed E-state index contributed by atoms with van der Waals surface area (Å²) in [5, 5.41) is 3.69. The molecule has 0 aromatic rings. The van der Waals surface area contributed by atoms with E-state index in [1.807, 2.05) is 0 Å². The highest BCUT2D eigenvalue weighted by Crippen LogP contribution is 2.43. The van der Waals surface area contributed by atoms with E-state index in [2.05, 4.69) is 37.9 Å². The minimum Gasteiger partial charge on any atom is -0.311 e. The summed E-state index contributed by atoms with van der Waals surface area (Å²) in [4.78, 5) is 2.77. The minimum absolute atomic E-state index is 0.424. The molecule has 0 spiro atoms. The zero-order valence-corrected chi connectivity index (χ0v) is 11.4. The van der Waals surface area contributed by atoms with Crippen molar-refractivity contribution in [2.45, 2.75) is 71.0 Å². The number of hydrogen-bond donors (Lipinski definition) is 1. The fraction of sp³-hybridized carbons (Fsp3) is 1.00. The van der Waals surface area contributed by atoms with Crippen LogP contribution in [0, 0.1) is 5.92 Å². The lowest BCUT2D eigenvalue weighted by Gasteiger charge is -2.48. The molecule has 1 aliphatic carbocycles. The number of nitrogens with zero attached hydrogens (tertiary/aromatic N) is 1. The highest BCUT2D eigenvalue weighted by Gasteiger charge is 2.45. The summed E-state index contributed by atoms with van der Waals surface area (Å²) < 4.78 is 0. The second-order valence-electron chi connectivity index (χ2n) is 6.32. The van der Waals surface area contributed by atoms with E-state index >= 15 is 0 Å². The minimum atomic E-state index is 0.424. The largest absolute Gasteiger partial charge is 0.311 e. The predicted molar refractivity (Wildman–Crippen MR) is 69.7 cm³/mol. The van der Waals surface area contributed by atoms with E-state index in [0.29, 0.717) is 11.6 Å². The van der Waals surface area contributed by atoms with Crippen LogP contribution in [0.3, 0.4) is 0 Å². The fourth-order valence-electron chi connectivity index (χ4n) is 3.30. The van der Waals surface area contributed by atoms with Crippen molar-refractivity contribution >= 4 is 0 Å². The average Bonchev–Trinajstić information content (AvgIpc) is 3.04. The van der Waals surface area contributed by atoms with E-state index < -0.39 is 0 Å². The molecule has 0 bridgehead atoms.